The summed E-state index contributed by atoms with van der Waals surface area (Å²) in [6, 6.07) is 22.4. The maximum atomic E-state index is 12.9. The lowest BCUT2D eigenvalue weighted by molar-refractivity contribution is -0.142. The molecule has 0 aliphatic carbocycles. The molecule has 0 aliphatic rings. The Hall–Kier alpha value is -3.41. The van der Waals surface area contributed by atoms with Gasteiger partial charge in [0.2, 0.25) is 11.8 Å². The van der Waals surface area contributed by atoms with E-state index in [0.29, 0.717) is 25.4 Å². The minimum atomic E-state index is -3.38. The second-order valence-corrected chi connectivity index (χ2v) is 13.8. The molecule has 3 rings (SSSR count). The largest absolute Gasteiger partial charge is 0.480 e. The third kappa shape index (κ3) is 14.9. The molecule has 2 amide bonds. The van der Waals surface area contributed by atoms with Crippen LogP contribution in [0.4, 0.5) is 0 Å². The molecule has 0 radical (unpaired) electrons. The number of hydrogen-bond acceptors (Lipinski definition) is 7. The van der Waals surface area contributed by atoms with Crippen molar-refractivity contribution in [2.24, 2.45) is 0 Å². The lowest BCUT2D eigenvalue weighted by Crippen LogP contribution is -2.47. The summed E-state index contributed by atoms with van der Waals surface area (Å²) in [5, 5.41) is 16.9. The Bertz CT molecular complexity index is 1430. The number of hydrogen-bond donors (Lipinski definition) is 3. The number of fused-ring (bicyclic) bond motifs is 1. The number of rotatable bonds is 17. The molecule has 0 fully saturated rings. The number of sulfone groups is 1. The summed E-state index contributed by atoms with van der Waals surface area (Å²) in [4.78, 5) is 38.7. The van der Waals surface area contributed by atoms with Gasteiger partial charge in [-0.1, -0.05) is 99.5 Å². The fourth-order valence-corrected chi connectivity index (χ4v) is 5.64. The first-order valence-corrected chi connectivity index (χ1v) is 18.0. The van der Waals surface area contributed by atoms with E-state index in [2.05, 4.69) is 24.5 Å². The van der Waals surface area contributed by atoms with Crippen LogP contribution in [0, 0.1) is 0 Å². The van der Waals surface area contributed by atoms with E-state index in [0.717, 1.165) is 33.9 Å². The van der Waals surface area contributed by atoms with Gasteiger partial charge in [0.05, 0.1) is 18.1 Å². The molecule has 11 heteroatoms. The Morgan fingerprint density at radius 3 is 2.23 bits per heavy atom. The third-order valence-electron chi connectivity index (χ3n) is 6.65. The minimum absolute atomic E-state index is 0.109. The number of benzene rings is 3. The van der Waals surface area contributed by atoms with E-state index in [-0.39, 0.29) is 24.6 Å². The lowest BCUT2D eigenvalue weighted by atomic mass is 10.0. The van der Waals surface area contributed by atoms with Crippen LogP contribution in [0.5, 0.6) is 0 Å². The first kappa shape index (κ1) is 36.8. The molecule has 0 saturated carbocycles. The Kier molecular flexibility index (Phi) is 16.5. The fourth-order valence-electron chi connectivity index (χ4n) is 4.16. The average Bonchev–Trinajstić information content (AvgIpc) is 2.99. The van der Waals surface area contributed by atoms with E-state index in [9.17, 15) is 27.9 Å². The zero-order chi connectivity index (χ0) is 32.4. The summed E-state index contributed by atoms with van der Waals surface area (Å²) in [6.45, 7) is 5.30. The van der Waals surface area contributed by atoms with Crippen LogP contribution < -0.4 is 10.6 Å². The van der Waals surface area contributed by atoms with E-state index >= 15 is 0 Å². The monoisotopic (exact) mass is 643 g/mol. The Morgan fingerprint density at radius 2 is 1.57 bits per heavy atom. The molecule has 0 heterocycles. The van der Waals surface area contributed by atoms with Crippen molar-refractivity contribution in [3.05, 3.63) is 83.9 Å². The van der Waals surface area contributed by atoms with Crippen molar-refractivity contribution in [2.45, 2.75) is 51.4 Å². The number of aliphatic carboxylic acids is 1. The first-order chi connectivity index (χ1) is 21.0. The molecule has 0 aliphatic heterocycles. The highest BCUT2D eigenvalue weighted by Crippen LogP contribution is 2.20. The number of thioether (sulfide) groups is 1. The van der Waals surface area contributed by atoms with E-state index in [1.807, 2.05) is 77.7 Å². The standard InChI is InChI=1S/C29H35N3O6S2.C4H10/c1-40(37,38)17-14-26(29(35)36)31-27(33)19-32(18-24-12-7-11-23-10-5-6-13-25(23)24)16-15-30-28(34)21-39-20-22-8-3-2-4-9-22;1-3-4-2/h2-13,26H,14-21H2,1H3,(H,30,34)(H,31,33)(H,35,36);3-4H2,1-2H3/t26-;/m0./s1. The molecule has 0 saturated heterocycles. The van der Waals surface area contributed by atoms with Gasteiger partial charge in [-0.05, 0) is 28.3 Å². The van der Waals surface area contributed by atoms with Crippen LogP contribution in [0.2, 0.25) is 0 Å². The quantitative estimate of drug-likeness (QED) is 0.196. The second-order valence-electron chi connectivity index (χ2n) is 10.6. The van der Waals surface area contributed by atoms with Crippen molar-refractivity contribution in [1.29, 1.82) is 0 Å². The topological polar surface area (TPSA) is 133 Å². The predicted molar refractivity (Wildman–Crippen MR) is 179 cm³/mol. The minimum Gasteiger partial charge on any atom is -0.480 e. The smallest absolute Gasteiger partial charge is 0.326 e. The van der Waals surface area contributed by atoms with Gasteiger partial charge in [0.1, 0.15) is 15.9 Å². The molecule has 9 nitrogen and oxygen atoms in total. The van der Waals surface area contributed by atoms with Crippen molar-refractivity contribution in [3.8, 4) is 0 Å². The predicted octanol–water partition coefficient (Wildman–Crippen LogP) is 4.50. The molecule has 0 unspecified atom stereocenters. The van der Waals surface area contributed by atoms with E-state index in [1.54, 1.807) is 0 Å². The van der Waals surface area contributed by atoms with E-state index in [1.165, 1.54) is 24.6 Å². The summed E-state index contributed by atoms with van der Waals surface area (Å²) in [5.74, 6) is -1.26. The number of carboxylic acids is 1. The molecule has 0 aromatic heterocycles. The fraction of sp³-hybridized carbons (Fsp3) is 0.424. The van der Waals surface area contributed by atoms with E-state index < -0.39 is 27.8 Å². The van der Waals surface area contributed by atoms with E-state index in [4.69, 9.17) is 0 Å². The highest BCUT2D eigenvalue weighted by molar-refractivity contribution is 7.99. The number of carbonyl (C=O) groups is 3. The molecule has 3 aromatic carbocycles. The number of amides is 2. The second kappa shape index (κ2) is 19.8. The van der Waals surface area contributed by atoms with Gasteiger partial charge in [-0.25, -0.2) is 13.2 Å². The maximum absolute atomic E-state index is 12.9. The summed E-state index contributed by atoms with van der Waals surface area (Å²) in [7, 11) is -3.38. The normalized spacial score (nSPS) is 11.8. The van der Waals surface area contributed by atoms with Gasteiger partial charge in [-0.2, -0.15) is 0 Å². The van der Waals surface area contributed by atoms with Gasteiger partial charge in [0, 0.05) is 31.6 Å². The SMILES string of the molecule is CCCC.CS(=O)(=O)CC[C@H](NC(=O)CN(CCNC(=O)CSCc1ccccc1)Cc1cccc2ccccc12)C(=O)O. The summed E-state index contributed by atoms with van der Waals surface area (Å²) in [5.41, 5.74) is 2.13. The van der Waals surface area contributed by atoms with Gasteiger partial charge in [-0.15, -0.1) is 11.8 Å². The van der Waals surface area contributed by atoms with Gasteiger partial charge < -0.3 is 15.7 Å². The molecule has 0 spiro atoms. The van der Waals surface area contributed by atoms with Crippen LogP contribution in [0.15, 0.2) is 72.8 Å². The maximum Gasteiger partial charge on any atom is 0.326 e. The number of carboxylic acid groups (broad SMARTS) is 1. The zero-order valence-corrected chi connectivity index (χ0v) is 27.5. The van der Waals surface area contributed by atoms with Crippen molar-refractivity contribution in [3.63, 3.8) is 0 Å². The molecule has 44 heavy (non-hydrogen) atoms. The van der Waals surface area contributed by atoms with Crippen LogP contribution in [0.1, 0.15) is 44.2 Å². The van der Waals surface area contributed by atoms with Gasteiger partial charge in [-0.3, -0.25) is 14.5 Å². The van der Waals surface area contributed by atoms with Crippen LogP contribution >= 0.6 is 11.8 Å². The Morgan fingerprint density at radius 1 is 0.909 bits per heavy atom. The summed E-state index contributed by atoms with van der Waals surface area (Å²) >= 11 is 1.52. The van der Waals surface area contributed by atoms with Crippen LogP contribution in [0.25, 0.3) is 10.8 Å². The molecule has 1 atom stereocenters. The van der Waals surface area contributed by atoms with Gasteiger partial charge in [0.15, 0.2) is 0 Å². The summed E-state index contributed by atoms with van der Waals surface area (Å²) in [6.07, 6.45) is 3.44. The van der Waals surface area contributed by atoms with Crippen molar-refractivity contribution in [1.82, 2.24) is 15.5 Å². The Balaban J connectivity index is 0.00000159. The van der Waals surface area contributed by atoms with Gasteiger partial charge in [0.25, 0.3) is 0 Å². The highest BCUT2D eigenvalue weighted by atomic mass is 32.2. The molecule has 3 aromatic rings. The lowest BCUT2D eigenvalue weighted by Gasteiger charge is -2.24. The first-order valence-electron chi connectivity index (χ1n) is 14.8. The average molecular weight is 644 g/mol. The molecule has 3 N–H and O–H groups in total. The molecular weight excluding hydrogens is 599 g/mol. The number of nitrogens with one attached hydrogen (secondary N) is 2. The summed E-state index contributed by atoms with van der Waals surface area (Å²) < 4.78 is 23.0. The van der Waals surface area contributed by atoms with Gasteiger partial charge >= 0.3 is 5.97 Å². The van der Waals surface area contributed by atoms with Crippen LogP contribution in [0.3, 0.4) is 0 Å². The Labute approximate surface area is 265 Å². The third-order valence-corrected chi connectivity index (χ3v) is 8.63. The highest BCUT2D eigenvalue weighted by Gasteiger charge is 2.23. The van der Waals surface area contributed by atoms with Crippen LogP contribution in [-0.2, 0) is 36.5 Å². The number of carbonyl (C=O) groups excluding carboxylic acids is 2. The number of unbranched alkanes of at least 4 members (excludes halogenated alkanes) is 1. The van der Waals surface area contributed by atoms with Crippen LogP contribution in [-0.4, -0.2) is 79.6 Å². The molecule has 240 valence electrons. The zero-order valence-electron chi connectivity index (χ0n) is 25.8. The molecule has 0 bridgehead atoms. The number of nitrogens with zero attached hydrogens (tertiary/aromatic N) is 1. The van der Waals surface area contributed by atoms with Crippen molar-refractivity contribution in [2.75, 3.05) is 37.4 Å². The van der Waals surface area contributed by atoms with Crippen molar-refractivity contribution >= 4 is 50.2 Å². The van der Waals surface area contributed by atoms with Crippen molar-refractivity contribution < 1.29 is 27.9 Å². The molecular formula is C33H45N3O6S2.